The molecule has 1 fully saturated rings. The molecule has 6 heteroatoms. The lowest BCUT2D eigenvalue weighted by atomic mass is 10.2. The molecule has 0 atom stereocenters. The van der Waals surface area contributed by atoms with Gasteiger partial charge in [0.2, 0.25) is 0 Å². The molecule has 22 heavy (non-hydrogen) atoms. The first kappa shape index (κ1) is 16.7. The number of hydrogen-bond acceptors (Lipinski definition) is 5. The third-order valence-electron chi connectivity index (χ3n) is 3.63. The van der Waals surface area contributed by atoms with Gasteiger partial charge in [-0.2, -0.15) is 0 Å². The van der Waals surface area contributed by atoms with Gasteiger partial charge in [0, 0.05) is 44.5 Å². The quantitative estimate of drug-likeness (QED) is 0.745. The van der Waals surface area contributed by atoms with Crippen LogP contribution in [-0.2, 0) is 4.74 Å². The molecule has 2 heterocycles. The van der Waals surface area contributed by atoms with Gasteiger partial charge < -0.3 is 20.3 Å². The van der Waals surface area contributed by atoms with Crippen LogP contribution in [0.25, 0.3) is 0 Å². The second-order valence-electron chi connectivity index (χ2n) is 5.38. The molecule has 0 unspecified atom stereocenters. The molecule has 0 radical (unpaired) electrons. The number of pyridine rings is 1. The highest BCUT2D eigenvalue weighted by molar-refractivity contribution is 5.94. The van der Waals surface area contributed by atoms with Crippen molar-refractivity contribution >= 4 is 11.7 Å². The molecule has 1 aliphatic rings. The van der Waals surface area contributed by atoms with E-state index in [0.29, 0.717) is 12.1 Å². The van der Waals surface area contributed by atoms with Gasteiger partial charge in [-0.1, -0.05) is 0 Å². The average Bonchev–Trinajstić information content (AvgIpc) is 2.81. The van der Waals surface area contributed by atoms with Gasteiger partial charge in [-0.3, -0.25) is 4.79 Å². The van der Waals surface area contributed by atoms with E-state index in [2.05, 4.69) is 20.5 Å². The molecule has 0 saturated carbocycles. The van der Waals surface area contributed by atoms with Crippen LogP contribution < -0.4 is 10.6 Å². The summed E-state index contributed by atoms with van der Waals surface area (Å²) in [5.41, 5.74) is 0.643. The smallest absolute Gasteiger partial charge is 0.251 e. The standard InChI is InChI=1S/C16H26N4O2/c1-2-17-16(21)14-5-7-19-15(13-14)18-6-3-8-20-9-4-11-22-12-10-20/h5,7,13H,2-4,6,8-12H2,1H3,(H,17,21)(H,18,19). The van der Waals surface area contributed by atoms with E-state index in [1.165, 1.54) is 0 Å². The van der Waals surface area contributed by atoms with Crippen LogP contribution in [0.15, 0.2) is 18.3 Å². The Balaban J connectivity index is 1.72. The van der Waals surface area contributed by atoms with Crippen LogP contribution in [0.3, 0.4) is 0 Å². The lowest BCUT2D eigenvalue weighted by Crippen LogP contribution is -2.28. The van der Waals surface area contributed by atoms with E-state index in [1.54, 1.807) is 18.3 Å². The summed E-state index contributed by atoms with van der Waals surface area (Å²) in [7, 11) is 0. The zero-order valence-corrected chi connectivity index (χ0v) is 13.3. The number of anilines is 1. The number of carbonyl (C=O) groups is 1. The predicted molar refractivity (Wildman–Crippen MR) is 87.2 cm³/mol. The maximum Gasteiger partial charge on any atom is 0.251 e. The lowest BCUT2D eigenvalue weighted by Gasteiger charge is -2.18. The summed E-state index contributed by atoms with van der Waals surface area (Å²) >= 11 is 0. The molecule has 6 nitrogen and oxygen atoms in total. The third kappa shape index (κ3) is 5.61. The number of amides is 1. The number of hydrogen-bond donors (Lipinski definition) is 2. The highest BCUT2D eigenvalue weighted by atomic mass is 16.5. The summed E-state index contributed by atoms with van der Waals surface area (Å²) in [6.45, 7) is 8.30. The summed E-state index contributed by atoms with van der Waals surface area (Å²) in [5, 5.41) is 6.08. The van der Waals surface area contributed by atoms with Gasteiger partial charge in [-0.15, -0.1) is 0 Å². The topological polar surface area (TPSA) is 66.5 Å². The van der Waals surface area contributed by atoms with Crippen molar-refractivity contribution in [3.63, 3.8) is 0 Å². The number of carbonyl (C=O) groups excluding carboxylic acids is 1. The molecule has 0 spiro atoms. The zero-order valence-electron chi connectivity index (χ0n) is 13.3. The highest BCUT2D eigenvalue weighted by Gasteiger charge is 2.08. The first-order chi connectivity index (χ1) is 10.8. The van der Waals surface area contributed by atoms with Crippen LogP contribution >= 0.6 is 0 Å². The molecule has 1 aromatic heterocycles. The average molecular weight is 306 g/mol. The molecular formula is C16H26N4O2. The second-order valence-corrected chi connectivity index (χ2v) is 5.38. The fourth-order valence-electron chi connectivity index (χ4n) is 2.47. The summed E-state index contributed by atoms with van der Waals surface area (Å²) < 4.78 is 5.45. The first-order valence-corrected chi connectivity index (χ1v) is 8.08. The van der Waals surface area contributed by atoms with E-state index in [4.69, 9.17) is 4.74 Å². The minimum Gasteiger partial charge on any atom is -0.380 e. The van der Waals surface area contributed by atoms with Gasteiger partial charge in [0.05, 0.1) is 6.61 Å². The van der Waals surface area contributed by atoms with Gasteiger partial charge in [0.25, 0.3) is 5.91 Å². The Morgan fingerprint density at radius 2 is 2.32 bits per heavy atom. The molecule has 0 aromatic carbocycles. The maximum absolute atomic E-state index is 11.8. The highest BCUT2D eigenvalue weighted by Crippen LogP contribution is 2.07. The van der Waals surface area contributed by atoms with E-state index in [-0.39, 0.29) is 5.91 Å². The first-order valence-electron chi connectivity index (χ1n) is 8.08. The Morgan fingerprint density at radius 1 is 1.41 bits per heavy atom. The molecule has 1 aliphatic heterocycles. The molecule has 122 valence electrons. The van der Waals surface area contributed by atoms with E-state index < -0.39 is 0 Å². The predicted octanol–water partition coefficient (Wildman–Crippen LogP) is 1.36. The Kier molecular flexibility index (Phi) is 7.12. The van der Waals surface area contributed by atoms with Gasteiger partial charge in [0.1, 0.15) is 5.82 Å². The van der Waals surface area contributed by atoms with Crippen molar-refractivity contribution in [1.29, 1.82) is 0 Å². The lowest BCUT2D eigenvalue weighted by molar-refractivity contribution is 0.0955. The fourth-order valence-corrected chi connectivity index (χ4v) is 2.47. The van der Waals surface area contributed by atoms with Gasteiger partial charge in [0.15, 0.2) is 0 Å². The minimum absolute atomic E-state index is 0.0579. The van der Waals surface area contributed by atoms with E-state index in [1.807, 2.05) is 6.92 Å². The SMILES string of the molecule is CCNC(=O)c1ccnc(NCCCN2CCCOCC2)c1. The summed E-state index contributed by atoms with van der Waals surface area (Å²) in [5.74, 6) is 0.695. The normalized spacial score (nSPS) is 16.0. The molecule has 1 amide bonds. The van der Waals surface area contributed by atoms with Crippen LogP contribution in [-0.4, -0.2) is 61.7 Å². The van der Waals surface area contributed by atoms with Crippen molar-refractivity contribution in [2.75, 3.05) is 51.3 Å². The summed E-state index contributed by atoms with van der Waals surface area (Å²) in [6, 6.07) is 3.53. The molecule has 2 rings (SSSR count). The van der Waals surface area contributed by atoms with Crippen molar-refractivity contribution in [3.05, 3.63) is 23.9 Å². The monoisotopic (exact) mass is 306 g/mol. The zero-order chi connectivity index (χ0) is 15.6. The number of ether oxygens (including phenoxy) is 1. The Hall–Kier alpha value is -1.66. The number of nitrogens with zero attached hydrogens (tertiary/aromatic N) is 2. The van der Waals surface area contributed by atoms with Crippen molar-refractivity contribution < 1.29 is 9.53 Å². The van der Waals surface area contributed by atoms with Crippen LogP contribution in [0.5, 0.6) is 0 Å². The van der Waals surface area contributed by atoms with Crippen LogP contribution in [0.2, 0.25) is 0 Å². The number of rotatable bonds is 7. The van der Waals surface area contributed by atoms with Crippen molar-refractivity contribution in [2.45, 2.75) is 19.8 Å². The number of nitrogens with one attached hydrogen (secondary N) is 2. The Bertz CT molecular complexity index is 459. The van der Waals surface area contributed by atoms with Crippen molar-refractivity contribution in [1.82, 2.24) is 15.2 Å². The van der Waals surface area contributed by atoms with Crippen molar-refractivity contribution in [2.24, 2.45) is 0 Å². The fraction of sp³-hybridized carbons (Fsp3) is 0.625. The molecule has 2 N–H and O–H groups in total. The van der Waals surface area contributed by atoms with Gasteiger partial charge in [-0.25, -0.2) is 4.98 Å². The van der Waals surface area contributed by atoms with Crippen LogP contribution in [0, 0.1) is 0 Å². The third-order valence-corrected chi connectivity index (χ3v) is 3.63. The largest absolute Gasteiger partial charge is 0.380 e. The molecular weight excluding hydrogens is 280 g/mol. The van der Waals surface area contributed by atoms with Crippen LogP contribution in [0.1, 0.15) is 30.1 Å². The van der Waals surface area contributed by atoms with Crippen LogP contribution in [0.4, 0.5) is 5.82 Å². The second kappa shape index (κ2) is 9.38. The van der Waals surface area contributed by atoms with Crippen molar-refractivity contribution in [3.8, 4) is 0 Å². The maximum atomic E-state index is 11.8. The Labute approximate surface area is 132 Å². The van der Waals surface area contributed by atoms with E-state index >= 15 is 0 Å². The minimum atomic E-state index is -0.0579. The molecule has 1 saturated heterocycles. The summed E-state index contributed by atoms with van der Waals surface area (Å²) in [4.78, 5) is 18.5. The molecule has 1 aromatic rings. The Morgan fingerprint density at radius 3 is 3.18 bits per heavy atom. The van der Waals surface area contributed by atoms with E-state index in [9.17, 15) is 4.79 Å². The van der Waals surface area contributed by atoms with Gasteiger partial charge in [-0.05, 0) is 38.4 Å². The summed E-state index contributed by atoms with van der Waals surface area (Å²) in [6.07, 6.45) is 3.83. The van der Waals surface area contributed by atoms with Gasteiger partial charge >= 0.3 is 0 Å². The molecule has 0 bridgehead atoms. The molecule has 0 aliphatic carbocycles. The number of aromatic nitrogens is 1. The van der Waals surface area contributed by atoms with E-state index in [0.717, 1.165) is 58.1 Å².